The first-order chi connectivity index (χ1) is 11.4. The summed E-state index contributed by atoms with van der Waals surface area (Å²) in [5.41, 5.74) is 6.09. The lowest BCUT2D eigenvalue weighted by Crippen LogP contribution is -2.18. The molecule has 0 radical (unpaired) electrons. The molecule has 140 valence electrons. The number of aromatic nitrogens is 4. The molecule has 0 saturated heterocycles. The van der Waals surface area contributed by atoms with E-state index in [-0.39, 0.29) is 12.4 Å². The highest BCUT2D eigenvalue weighted by molar-refractivity contribution is 7.51. The van der Waals surface area contributed by atoms with E-state index in [4.69, 9.17) is 25.4 Å². The first-order valence-corrected chi connectivity index (χ1v) is 8.98. The molecular weight excluding hydrogens is 353 g/mol. The van der Waals surface area contributed by atoms with E-state index in [2.05, 4.69) is 15.0 Å². The number of carboxylic acid groups (broad SMARTS) is 1. The summed E-state index contributed by atoms with van der Waals surface area (Å²) in [6.45, 7) is 5.49. The van der Waals surface area contributed by atoms with Crippen LogP contribution < -0.4 is 5.73 Å². The Morgan fingerprint density at radius 3 is 2.44 bits per heavy atom. The van der Waals surface area contributed by atoms with E-state index in [1.807, 2.05) is 0 Å². The monoisotopic (exact) mass is 375 g/mol. The highest BCUT2D eigenvalue weighted by Crippen LogP contribution is 2.33. The Morgan fingerprint density at radius 2 is 1.92 bits per heavy atom. The number of imidazole rings is 1. The minimum absolute atomic E-state index is 0.139. The van der Waals surface area contributed by atoms with Gasteiger partial charge < -0.3 is 29.9 Å². The standard InChI is InChI=1S/C8H12N5O4P.C5H10O2/c9-7-6-8(11-3-10-7)13(4-12-6)1-2-17-5-18(14,15)16;1-5(2,3)4(6)7/h3-4H,1-2,5H2,(H2,9,10,11)(H2,14,15,16);1-3H3,(H,6,7). The molecule has 0 unspecified atom stereocenters. The maximum Gasteiger partial charge on any atom is 0.350 e. The van der Waals surface area contributed by atoms with Crippen molar-refractivity contribution >= 4 is 30.5 Å². The van der Waals surface area contributed by atoms with Crippen LogP contribution in [0, 0.1) is 5.41 Å². The van der Waals surface area contributed by atoms with E-state index >= 15 is 0 Å². The number of ether oxygens (including phenoxy) is 1. The van der Waals surface area contributed by atoms with Crippen molar-refractivity contribution < 1.29 is 29.0 Å². The summed E-state index contributed by atoms with van der Waals surface area (Å²) in [4.78, 5) is 39.1. The fourth-order valence-electron chi connectivity index (χ4n) is 1.41. The molecule has 0 amide bonds. The van der Waals surface area contributed by atoms with Gasteiger partial charge in [-0.3, -0.25) is 9.36 Å². The van der Waals surface area contributed by atoms with Crippen LogP contribution in [0.15, 0.2) is 12.7 Å². The molecule has 0 bridgehead atoms. The molecule has 0 aliphatic carbocycles. The van der Waals surface area contributed by atoms with Crippen molar-refractivity contribution in [2.75, 3.05) is 18.7 Å². The third-order valence-corrected chi connectivity index (χ3v) is 3.33. The summed E-state index contributed by atoms with van der Waals surface area (Å²) in [6.07, 6.45) is 2.25. The minimum Gasteiger partial charge on any atom is -0.481 e. The number of anilines is 1. The van der Waals surface area contributed by atoms with Gasteiger partial charge in [0.05, 0.1) is 18.3 Å². The molecule has 0 fully saturated rings. The molecule has 0 aliphatic heterocycles. The van der Waals surface area contributed by atoms with Gasteiger partial charge in [0.1, 0.15) is 18.2 Å². The van der Waals surface area contributed by atoms with Gasteiger partial charge in [-0.1, -0.05) is 0 Å². The first kappa shape index (κ1) is 21.0. The molecule has 2 heterocycles. The van der Waals surface area contributed by atoms with Crippen molar-refractivity contribution in [1.82, 2.24) is 19.5 Å². The van der Waals surface area contributed by atoms with Gasteiger partial charge >= 0.3 is 13.6 Å². The Kier molecular flexibility index (Phi) is 7.00. The third kappa shape index (κ3) is 7.14. The number of aliphatic carboxylic acids is 1. The summed E-state index contributed by atoms with van der Waals surface area (Å²) >= 11 is 0. The van der Waals surface area contributed by atoms with Crippen molar-refractivity contribution in [1.29, 1.82) is 0 Å². The van der Waals surface area contributed by atoms with E-state index < -0.39 is 25.3 Å². The molecule has 12 heteroatoms. The van der Waals surface area contributed by atoms with Crippen LogP contribution in [0.2, 0.25) is 0 Å². The zero-order chi connectivity index (χ0) is 19.3. The Labute approximate surface area is 144 Å². The van der Waals surface area contributed by atoms with Gasteiger partial charge in [0.2, 0.25) is 0 Å². The number of nitrogen functional groups attached to an aromatic ring is 1. The number of hydrogen-bond acceptors (Lipinski definition) is 7. The molecule has 25 heavy (non-hydrogen) atoms. The summed E-state index contributed by atoms with van der Waals surface area (Å²) < 4.78 is 17.1. The molecular formula is C13H22N5O6P. The maximum atomic E-state index is 10.6. The number of carbonyl (C=O) groups is 1. The quantitative estimate of drug-likeness (QED) is 0.429. The zero-order valence-electron chi connectivity index (χ0n) is 14.2. The Bertz CT molecular complexity index is 766. The summed E-state index contributed by atoms with van der Waals surface area (Å²) in [7, 11) is -4.12. The van der Waals surface area contributed by atoms with Crippen LogP contribution in [0.5, 0.6) is 0 Å². The lowest BCUT2D eigenvalue weighted by Gasteiger charge is -2.08. The molecule has 2 rings (SSSR count). The largest absolute Gasteiger partial charge is 0.481 e. The van der Waals surface area contributed by atoms with E-state index in [0.717, 1.165) is 0 Å². The van der Waals surface area contributed by atoms with E-state index in [9.17, 15) is 9.36 Å². The van der Waals surface area contributed by atoms with Gasteiger partial charge in [0, 0.05) is 6.54 Å². The average molecular weight is 375 g/mol. The van der Waals surface area contributed by atoms with E-state index in [1.54, 1.807) is 25.3 Å². The lowest BCUT2D eigenvalue weighted by atomic mass is 9.98. The SMILES string of the molecule is CC(C)(C)C(=O)O.Nc1ncnc2c1ncn2CCOCP(=O)(O)O. The Morgan fingerprint density at radius 1 is 1.32 bits per heavy atom. The van der Waals surface area contributed by atoms with Crippen molar-refractivity contribution in [3.05, 3.63) is 12.7 Å². The molecule has 0 aromatic carbocycles. The van der Waals surface area contributed by atoms with Crippen molar-refractivity contribution in [3.63, 3.8) is 0 Å². The summed E-state index contributed by atoms with van der Waals surface area (Å²) in [5.74, 6) is -0.470. The molecule has 0 spiro atoms. The molecule has 2 aromatic heterocycles. The summed E-state index contributed by atoms with van der Waals surface area (Å²) in [5, 5.41) is 8.25. The Hall–Kier alpha value is -2.07. The van der Waals surface area contributed by atoms with Gasteiger partial charge in [-0.05, 0) is 20.8 Å². The number of carboxylic acids is 1. The number of nitrogens with two attached hydrogens (primary N) is 1. The predicted molar refractivity (Wildman–Crippen MR) is 89.7 cm³/mol. The normalized spacial score (nSPS) is 11.9. The van der Waals surface area contributed by atoms with Crippen molar-refractivity contribution in [3.8, 4) is 0 Å². The van der Waals surface area contributed by atoms with Crippen LogP contribution >= 0.6 is 7.60 Å². The number of fused-ring (bicyclic) bond motifs is 1. The van der Waals surface area contributed by atoms with E-state index in [0.29, 0.717) is 17.7 Å². The van der Waals surface area contributed by atoms with Gasteiger partial charge in [-0.25, -0.2) is 15.0 Å². The minimum atomic E-state index is -4.12. The van der Waals surface area contributed by atoms with Gasteiger partial charge in [0.25, 0.3) is 0 Å². The number of hydrogen-bond donors (Lipinski definition) is 4. The third-order valence-electron chi connectivity index (χ3n) is 2.81. The average Bonchev–Trinajstić information content (AvgIpc) is 2.87. The van der Waals surface area contributed by atoms with Crippen molar-refractivity contribution in [2.45, 2.75) is 27.3 Å². The maximum absolute atomic E-state index is 10.6. The molecule has 11 nitrogen and oxygen atoms in total. The molecule has 0 saturated carbocycles. The van der Waals surface area contributed by atoms with Crippen LogP contribution in [0.25, 0.3) is 11.2 Å². The molecule has 0 aliphatic rings. The molecule has 5 N–H and O–H groups in total. The van der Waals surface area contributed by atoms with Gasteiger partial charge in [-0.2, -0.15) is 0 Å². The second-order valence-corrected chi connectivity index (χ2v) is 7.71. The second-order valence-electron chi connectivity index (χ2n) is 6.13. The fraction of sp³-hybridized carbons (Fsp3) is 0.538. The number of rotatable bonds is 5. The number of nitrogens with zero attached hydrogens (tertiary/aromatic N) is 4. The van der Waals surface area contributed by atoms with E-state index in [1.165, 1.54) is 12.7 Å². The van der Waals surface area contributed by atoms with Crippen LogP contribution in [-0.4, -0.2) is 53.3 Å². The van der Waals surface area contributed by atoms with Gasteiger partial charge in [0.15, 0.2) is 11.5 Å². The summed E-state index contributed by atoms with van der Waals surface area (Å²) in [6, 6.07) is 0. The molecule has 0 atom stereocenters. The fourth-order valence-corrected chi connectivity index (χ4v) is 1.78. The van der Waals surface area contributed by atoms with Crippen LogP contribution in [0.1, 0.15) is 20.8 Å². The molecule has 2 aromatic rings. The van der Waals surface area contributed by atoms with Crippen LogP contribution in [0.3, 0.4) is 0 Å². The highest BCUT2D eigenvalue weighted by Gasteiger charge is 2.18. The predicted octanol–water partition coefficient (Wildman–Crippen LogP) is 0.677. The van der Waals surface area contributed by atoms with Crippen LogP contribution in [0.4, 0.5) is 5.82 Å². The zero-order valence-corrected chi connectivity index (χ0v) is 15.1. The second kappa shape index (κ2) is 8.34. The van der Waals surface area contributed by atoms with Gasteiger partial charge in [-0.15, -0.1) is 0 Å². The smallest absolute Gasteiger partial charge is 0.350 e. The Balaban J connectivity index is 0.000000381. The van der Waals surface area contributed by atoms with Crippen molar-refractivity contribution in [2.24, 2.45) is 5.41 Å². The topological polar surface area (TPSA) is 174 Å². The highest BCUT2D eigenvalue weighted by atomic mass is 31.2. The first-order valence-electron chi connectivity index (χ1n) is 7.19. The lowest BCUT2D eigenvalue weighted by molar-refractivity contribution is -0.145. The van der Waals surface area contributed by atoms with Crippen LogP contribution in [-0.2, 0) is 20.6 Å².